The molecule has 0 aliphatic heterocycles. The van der Waals surface area contributed by atoms with Gasteiger partial charge in [-0.15, -0.1) is 10.2 Å². The van der Waals surface area contributed by atoms with Gasteiger partial charge in [0.1, 0.15) is 0 Å². The largest absolute Gasteiger partial charge is 0.347 e. The average Bonchev–Trinajstić information content (AvgIpc) is 2.14. The Morgan fingerprint density at radius 3 is 2.20 bits per heavy atom. The number of anilines is 1. The Hall–Kier alpha value is -0.770. The summed E-state index contributed by atoms with van der Waals surface area (Å²) in [6.07, 6.45) is 0. The SMILES string of the molecule is CN(C)c1nnc(Cl)n1C. The first-order chi connectivity index (χ1) is 4.63. The summed E-state index contributed by atoms with van der Waals surface area (Å²) in [6.45, 7) is 0. The van der Waals surface area contributed by atoms with Crippen molar-refractivity contribution in [2.45, 2.75) is 0 Å². The second-order valence-electron chi connectivity index (χ2n) is 2.22. The molecule has 1 aromatic heterocycles. The van der Waals surface area contributed by atoms with Gasteiger partial charge in [-0.2, -0.15) is 0 Å². The molecule has 0 aliphatic rings. The maximum Gasteiger partial charge on any atom is 0.227 e. The van der Waals surface area contributed by atoms with E-state index in [1.54, 1.807) is 4.57 Å². The summed E-state index contributed by atoms with van der Waals surface area (Å²) < 4.78 is 1.71. The van der Waals surface area contributed by atoms with Crippen LogP contribution in [0.4, 0.5) is 5.95 Å². The van der Waals surface area contributed by atoms with Gasteiger partial charge in [-0.3, -0.25) is 4.57 Å². The Morgan fingerprint density at radius 2 is 2.00 bits per heavy atom. The molecule has 0 radical (unpaired) electrons. The fraction of sp³-hybridized carbons (Fsp3) is 0.600. The lowest BCUT2D eigenvalue weighted by molar-refractivity contribution is 0.867. The Morgan fingerprint density at radius 1 is 1.40 bits per heavy atom. The van der Waals surface area contributed by atoms with Crippen molar-refractivity contribution in [3.8, 4) is 0 Å². The Balaban J connectivity index is 3.05. The van der Waals surface area contributed by atoms with E-state index in [-0.39, 0.29) is 0 Å². The molecule has 0 unspecified atom stereocenters. The summed E-state index contributed by atoms with van der Waals surface area (Å²) in [7, 11) is 5.60. The van der Waals surface area contributed by atoms with Crippen molar-refractivity contribution in [1.29, 1.82) is 0 Å². The molecule has 5 heteroatoms. The van der Waals surface area contributed by atoms with Crippen LogP contribution >= 0.6 is 11.6 Å². The Bertz CT molecular complexity index is 230. The minimum absolute atomic E-state index is 0.406. The lowest BCUT2D eigenvalue weighted by atomic mass is 10.8. The highest BCUT2D eigenvalue weighted by Crippen LogP contribution is 2.10. The molecule has 0 saturated heterocycles. The van der Waals surface area contributed by atoms with Crippen molar-refractivity contribution in [1.82, 2.24) is 14.8 Å². The van der Waals surface area contributed by atoms with Crippen molar-refractivity contribution in [3.63, 3.8) is 0 Å². The van der Waals surface area contributed by atoms with E-state index in [2.05, 4.69) is 10.2 Å². The van der Waals surface area contributed by atoms with Crippen LogP contribution in [0.5, 0.6) is 0 Å². The molecule has 4 nitrogen and oxygen atoms in total. The molecule has 56 valence electrons. The molecule has 0 aliphatic carbocycles. The minimum Gasteiger partial charge on any atom is -0.347 e. The van der Waals surface area contributed by atoms with Crippen LogP contribution in [-0.2, 0) is 7.05 Å². The lowest BCUT2D eigenvalue weighted by Crippen LogP contribution is -2.13. The lowest BCUT2D eigenvalue weighted by Gasteiger charge is -2.08. The van der Waals surface area contributed by atoms with Crippen molar-refractivity contribution in [2.24, 2.45) is 7.05 Å². The molecule has 0 spiro atoms. The standard InChI is InChI=1S/C5H9ClN4/c1-9(2)5-8-7-4(6)10(5)3/h1-3H3. The summed E-state index contributed by atoms with van der Waals surface area (Å²) in [5.41, 5.74) is 0. The summed E-state index contributed by atoms with van der Waals surface area (Å²) >= 11 is 5.64. The predicted octanol–water partition coefficient (Wildman–Crippen LogP) is 0.534. The van der Waals surface area contributed by atoms with E-state index in [1.165, 1.54) is 0 Å². The quantitative estimate of drug-likeness (QED) is 0.601. The fourth-order valence-electron chi connectivity index (χ4n) is 0.692. The zero-order valence-electron chi connectivity index (χ0n) is 6.17. The van der Waals surface area contributed by atoms with Gasteiger partial charge in [0.25, 0.3) is 0 Å². The van der Waals surface area contributed by atoms with Crippen LogP contribution in [0.1, 0.15) is 0 Å². The minimum atomic E-state index is 0.406. The smallest absolute Gasteiger partial charge is 0.227 e. The third kappa shape index (κ3) is 1.07. The molecule has 0 N–H and O–H groups in total. The maximum atomic E-state index is 5.64. The highest BCUT2D eigenvalue weighted by atomic mass is 35.5. The molecule has 1 heterocycles. The molecular weight excluding hydrogens is 152 g/mol. The van der Waals surface area contributed by atoms with Gasteiger partial charge in [0.05, 0.1) is 0 Å². The second-order valence-corrected chi connectivity index (χ2v) is 2.56. The van der Waals surface area contributed by atoms with Crippen LogP contribution in [0.2, 0.25) is 5.28 Å². The predicted molar refractivity (Wildman–Crippen MR) is 40.3 cm³/mol. The van der Waals surface area contributed by atoms with E-state index in [4.69, 9.17) is 11.6 Å². The van der Waals surface area contributed by atoms with Crippen LogP contribution in [0, 0.1) is 0 Å². The highest BCUT2D eigenvalue weighted by Gasteiger charge is 2.06. The van der Waals surface area contributed by atoms with Gasteiger partial charge >= 0.3 is 0 Å². The van der Waals surface area contributed by atoms with Crippen molar-refractivity contribution in [2.75, 3.05) is 19.0 Å². The van der Waals surface area contributed by atoms with E-state index >= 15 is 0 Å². The first-order valence-electron chi connectivity index (χ1n) is 2.85. The zero-order valence-corrected chi connectivity index (χ0v) is 6.92. The monoisotopic (exact) mass is 160 g/mol. The highest BCUT2D eigenvalue weighted by molar-refractivity contribution is 6.28. The van der Waals surface area contributed by atoms with Gasteiger partial charge in [-0.05, 0) is 11.6 Å². The zero-order chi connectivity index (χ0) is 7.72. The maximum absolute atomic E-state index is 5.64. The van der Waals surface area contributed by atoms with E-state index in [0.29, 0.717) is 5.28 Å². The molecule has 1 rings (SSSR count). The molecule has 0 aromatic carbocycles. The first-order valence-corrected chi connectivity index (χ1v) is 3.23. The second kappa shape index (κ2) is 2.46. The van der Waals surface area contributed by atoms with Crippen LogP contribution in [0.3, 0.4) is 0 Å². The van der Waals surface area contributed by atoms with E-state index < -0.39 is 0 Å². The topological polar surface area (TPSA) is 34.0 Å². The third-order valence-electron chi connectivity index (χ3n) is 1.20. The van der Waals surface area contributed by atoms with Crippen molar-refractivity contribution >= 4 is 17.5 Å². The Kier molecular flexibility index (Phi) is 1.80. The van der Waals surface area contributed by atoms with E-state index in [9.17, 15) is 0 Å². The summed E-state index contributed by atoms with van der Waals surface area (Å²) in [6, 6.07) is 0. The van der Waals surface area contributed by atoms with Crippen LogP contribution in [0.15, 0.2) is 0 Å². The summed E-state index contributed by atoms with van der Waals surface area (Å²) in [5, 5.41) is 7.90. The Labute approximate surface area is 64.4 Å². The molecule has 0 fully saturated rings. The van der Waals surface area contributed by atoms with Gasteiger partial charge in [-0.1, -0.05) is 0 Å². The molecular formula is C5H9ClN4. The number of nitrogens with zero attached hydrogens (tertiary/aromatic N) is 4. The number of hydrogen-bond donors (Lipinski definition) is 0. The van der Waals surface area contributed by atoms with E-state index in [1.807, 2.05) is 26.0 Å². The van der Waals surface area contributed by atoms with Gasteiger partial charge < -0.3 is 4.90 Å². The molecule has 0 amide bonds. The molecule has 0 saturated carbocycles. The third-order valence-corrected chi connectivity index (χ3v) is 1.53. The normalized spacial score (nSPS) is 10.0. The summed E-state index contributed by atoms with van der Waals surface area (Å²) in [5.74, 6) is 0.755. The summed E-state index contributed by atoms with van der Waals surface area (Å²) in [4.78, 5) is 1.85. The number of rotatable bonds is 1. The van der Waals surface area contributed by atoms with Crippen LogP contribution in [-0.4, -0.2) is 28.9 Å². The van der Waals surface area contributed by atoms with Gasteiger partial charge in [0.15, 0.2) is 0 Å². The van der Waals surface area contributed by atoms with Gasteiger partial charge in [0, 0.05) is 21.1 Å². The van der Waals surface area contributed by atoms with Crippen LogP contribution < -0.4 is 4.90 Å². The van der Waals surface area contributed by atoms with Gasteiger partial charge in [-0.25, -0.2) is 0 Å². The van der Waals surface area contributed by atoms with Gasteiger partial charge in [0.2, 0.25) is 11.2 Å². The van der Waals surface area contributed by atoms with Crippen molar-refractivity contribution < 1.29 is 0 Å². The fourth-order valence-corrected chi connectivity index (χ4v) is 0.805. The molecule has 0 bridgehead atoms. The molecule has 1 aromatic rings. The number of halogens is 1. The molecule has 10 heavy (non-hydrogen) atoms. The van der Waals surface area contributed by atoms with Crippen LogP contribution in [0.25, 0.3) is 0 Å². The van der Waals surface area contributed by atoms with E-state index in [0.717, 1.165) is 5.95 Å². The average molecular weight is 161 g/mol. The van der Waals surface area contributed by atoms with Crippen molar-refractivity contribution in [3.05, 3.63) is 5.28 Å². The number of aromatic nitrogens is 3. The number of hydrogen-bond acceptors (Lipinski definition) is 3. The molecule has 0 atom stereocenters. The first kappa shape index (κ1) is 7.34.